The maximum atomic E-state index is 12.2. The average molecular weight is 404 g/mol. The minimum Gasteiger partial charge on any atom is -0.506 e. The molecule has 0 saturated carbocycles. The fourth-order valence-electron chi connectivity index (χ4n) is 3.09. The van der Waals surface area contributed by atoms with Crippen molar-refractivity contribution in [2.24, 2.45) is 0 Å². The minimum atomic E-state index is -0.185. The Kier molecular flexibility index (Phi) is 5.39. The molecular weight excluding hydrogens is 384 g/mol. The van der Waals surface area contributed by atoms with Crippen molar-refractivity contribution in [3.63, 3.8) is 0 Å². The van der Waals surface area contributed by atoms with E-state index in [1.165, 1.54) is 6.33 Å². The maximum absolute atomic E-state index is 12.2. The van der Waals surface area contributed by atoms with Crippen LogP contribution in [0.5, 0.6) is 5.75 Å². The Bertz CT molecular complexity index is 1160. The van der Waals surface area contributed by atoms with Crippen LogP contribution < -0.4 is 10.6 Å². The van der Waals surface area contributed by atoms with Gasteiger partial charge in [-0.25, -0.2) is 9.97 Å². The molecule has 4 rings (SSSR count). The quantitative estimate of drug-likeness (QED) is 0.401. The highest BCUT2D eigenvalue weighted by molar-refractivity contribution is 7.17. The number of nitrogens with zero attached hydrogens (tertiary/aromatic N) is 2. The van der Waals surface area contributed by atoms with Crippen molar-refractivity contribution < 1.29 is 9.90 Å². The van der Waals surface area contributed by atoms with Crippen molar-refractivity contribution in [3.8, 4) is 16.9 Å². The topological polar surface area (TPSA) is 87.1 Å². The van der Waals surface area contributed by atoms with Gasteiger partial charge in [0.2, 0.25) is 5.91 Å². The minimum absolute atomic E-state index is 0.0644. The standard InChI is InChI=1S/C22H20N4O2S/c1-14-7-8-17(18(27)11-14)26-19(28)9-10-23-21-20-16(15-5-3-2-4-6-15)12-29-22(20)25-13-24-21/h2-8,11-13,27H,9-10H2,1H3,(H,26,28)(H,23,24,25). The summed E-state index contributed by atoms with van der Waals surface area (Å²) in [4.78, 5) is 21.9. The zero-order valence-electron chi connectivity index (χ0n) is 15.8. The second-order valence-electron chi connectivity index (χ2n) is 6.66. The highest BCUT2D eigenvalue weighted by Crippen LogP contribution is 2.36. The van der Waals surface area contributed by atoms with E-state index in [1.807, 2.05) is 31.2 Å². The lowest BCUT2D eigenvalue weighted by atomic mass is 10.1. The zero-order chi connectivity index (χ0) is 20.2. The molecule has 1 amide bonds. The maximum Gasteiger partial charge on any atom is 0.226 e. The molecule has 7 heteroatoms. The Morgan fingerprint density at radius 2 is 1.97 bits per heavy atom. The molecular formula is C22H20N4O2S. The first kappa shape index (κ1) is 18.9. The van der Waals surface area contributed by atoms with E-state index >= 15 is 0 Å². The van der Waals surface area contributed by atoms with E-state index in [1.54, 1.807) is 23.5 Å². The van der Waals surface area contributed by atoms with Crippen LogP contribution in [-0.4, -0.2) is 27.5 Å². The van der Waals surface area contributed by atoms with Crippen molar-refractivity contribution in [1.29, 1.82) is 0 Å². The molecule has 6 nitrogen and oxygen atoms in total. The van der Waals surface area contributed by atoms with E-state index < -0.39 is 0 Å². The number of hydrogen-bond donors (Lipinski definition) is 3. The second-order valence-corrected chi connectivity index (χ2v) is 7.52. The number of carbonyl (C=O) groups excluding carboxylic acids is 1. The summed E-state index contributed by atoms with van der Waals surface area (Å²) < 4.78 is 0. The number of rotatable bonds is 6. The molecule has 0 unspecified atom stereocenters. The fraction of sp³-hybridized carbons (Fsp3) is 0.136. The van der Waals surface area contributed by atoms with Gasteiger partial charge in [0.05, 0.1) is 11.1 Å². The normalized spacial score (nSPS) is 10.8. The summed E-state index contributed by atoms with van der Waals surface area (Å²) in [6.45, 7) is 2.29. The van der Waals surface area contributed by atoms with Gasteiger partial charge in [-0.2, -0.15) is 0 Å². The first-order valence-electron chi connectivity index (χ1n) is 9.23. The monoisotopic (exact) mass is 404 g/mol. The van der Waals surface area contributed by atoms with Gasteiger partial charge >= 0.3 is 0 Å². The van der Waals surface area contributed by atoms with E-state index in [0.717, 1.165) is 26.9 Å². The summed E-state index contributed by atoms with van der Waals surface area (Å²) in [7, 11) is 0. The lowest BCUT2D eigenvalue weighted by molar-refractivity contribution is -0.116. The van der Waals surface area contributed by atoms with Gasteiger partial charge < -0.3 is 15.7 Å². The number of aryl methyl sites for hydroxylation is 1. The molecule has 0 radical (unpaired) electrons. The van der Waals surface area contributed by atoms with Crippen molar-refractivity contribution in [1.82, 2.24) is 9.97 Å². The van der Waals surface area contributed by atoms with Crippen LogP contribution in [0.15, 0.2) is 60.2 Å². The van der Waals surface area contributed by atoms with Crippen LogP contribution >= 0.6 is 11.3 Å². The van der Waals surface area contributed by atoms with Gasteiger partial charge in [0.25, 0.3) is 0 Å². The summed E-state index contributed by atoms with van der Waals surface area (Å²) >= 11 is 1.57. The van der Waals surface area contributed by atoms with Crippen LogP contribution in [0.3, 0.4) is 0 Å². The summed E-state index contributed by atoms with van der Waals surface area (Å²) in [5, 5.41) is 19.0. The highest BCUT2D eigenvalue weighted by Gasteiger charge is 2.13. The average Bonchev–Trinajstić information content (AvgIpc) is 3.16. The van der Waals surface area contributed by atoms with Crippen molar-refractivity contribution in [2.45, 2.75) is 13.3 Å². The number of amides is 1. The molecule has 2 aromatic carbocycles. The third-order valence-corrected chi connectivity index (χ3v) is 5.41. The highest BCUT2D eigenvalue weighted by atomic mass is 32.1. The predicted octanol–water partition coefficient (Wildman–Crippen LogP) is 4.81. The molecule has 0 atom stereocenters. The smallest absolute Gasteiger partial charge is 0.226 e. The Morgan fingerprint density at radius 1 is 1.14 bits per heavy atom. The van der Waals surface area contributed by atoms with E-state index in [-0.39, 0.29) is 18.1 Å². The van der Waals surface area contributed by atoms with Gasteiger partial charge in [0.1, 0.15) is 22.7 Å². The Morgan fingerprint density at radius 3 is 2.76 bits per heavy atom. The van der Waals surface area contributed by atoms with Gasteiger partial charge in [-0.15, -0.1) is 11.3 Å². The van der Waals surface area contributed by atoms with E-state index in [4.69, 9.17) is 0 Å². The largest absolute Gasteiger partial charge is 0.506 e. The van der Waals surface area contributed by atoms with Crippen LogP contribution in [-0.2, 0) is 4.79 Å². The van der Waals surface area contributed by atoms with E-state index in [9.17, 15) is 9.90 Å². The molecule has 0 spiro atoms. The van der Waals surface area contributed by atoms with Gasteiger partial charge in [-0.05, 0) is 30.2 Å². The predicted molar refractivity (Wildman–Crippen MR) is 117 cm³/mol. The fourth-order valence-corrected chi connectivity index (χ4v) is 4.01. The van der Waals surface area contributed by atoms with Crippen LogP contribution in [0.2, 0.25) is 0 Å². The number of thiophene rings is 1. The van der Waals surface area contributed by atoms with Gasteiger partial charge in [0.15, 0.2) is 0 Å². The number of aromatic nitrogens is 2. The Hall–Kier alpha value is -3.45. The van der Waals surface area contributed by atoms with Crippen LogP contribution in [0, 0.1) is 6.92 Å². The number of hydrogen-bond acceptors (Lipinski definition) is 6. The summed E-state index contributed by atoms with van der Waals surface area (Å²) in [5.74, 6) is 0.589. The lowest BCUT2D eigenvalue weighted by Crippen LogP contribution is -2.16. The Balaban J connectivity index is 1.46. The number of fused-ring (bicyclic) bond motifs is 1. The molecule has 29 heavy (non-hydrogen) atoms. The molecule has 4 aromatic rings. The van der Waals surface area contributed by atoms with Crippen LogP contribution in [0.1, 0.15) is 12.0 Å². The number of anilines is 2. The molecule has 0 aliphatic rings. The van der Waals surface area contributed by atoms with Crippen molar-refractivity contribution in [3.05, 3.63) is 65.8 Å². The Labute approximate surface area is 172 Å². The first-order chi connectivity index (χ1) is 14.1. The zero-order valence-corrected chi connectivity index (χ0v) is 16.7. The molecule has 3 N–H and O–H groups in total. The second kappa shape index (κ2) is 8.28. The van der Waals surface area contributed by atoms with E-state index in [2.05, 4.69) is 38.1 Å². The molecule has 0 bridgehead atoms. The molecule has 0 aliphatic carbocycles. The number of nitrogens with one attached hydrogen (secondary N) is 2. The van der Waals surface area contributed by atoms with Gasteiger partial charge in [0, 0.05) is 23.9 Å². The van der Waals surface area contributed by atoms with Crippen molar-refractivity contribution >= 4 is 39.0 Å². The first-order valence-corrected chi connectivity index (χ1v) is 10.1. The van der Waals surface area contributed by atoms with E-state index in [0.29, 0.717) is 18.1 Å². The van der Waals surface area contributed by atoms with Crippen LogP contribution in [0.25, 0.3) is 21.3 Å². The molecule has 0 fully saturated rings. The van der Waals surface area contributed by atoms with Gasteiger partial charge in [-0.3, -0.25) is 4.79 Å². The SMILES string of the molecule is Cc1ccc(NC(=O)CCNc2ncnc3scc(-c4ccccc4)c23)c(O)c1. The molecule has 0 aliphatic heterocycles. The summed E-state index contributed by atoms with van der Waals surface area (Å²) in [6, 6.07) is 15.3. The number of carbonyl (C=O) groups is 1. The molecule has 2 heterocycles. The number of aromatic hydroxyl groups is 1. The third kappa shape index (κ3) is 4.20. The molecule has 0 saturated heterocycles. The van der Waals surface area contributed by atoms with Gasteiger partial charge in [-0.1, -0.05) is 36.4 Å². The summed E-state index contributed by atoms with van der Waals surface area (Å²) in [5.41, 5.74) is 3.51. The van der Waals surface area contributed by atoms with Crippen molar-refractivity contribution in [2.75, 3.05) is 17.2 Å². The van der Waals surface area contributed by atoms with Crippen LogP contribution in [0.4, 0.5) is 11.5 Å². The summed E-state index contributed by atoms with van der Waals surface area (Å²) in [6.07, 6.45) is 1.77. The number of phenolic OH excluding ortho intramolecular Hbond substituents is 1. The number of benzene rings is 2. The number of phenols is 1. The molecule has 2 aromatic heterocycles. The third-order valence-electron chi connectivity index (χ3n) is 4.53. The molecule has 146 valence electrons. The lowest BCUT2D eigenvalue weighted by Gasteiger charge is -2.10.